The van der Waals surface area contributed by atoms with Gasteiger partial charge in [0.15, 0.2) is 0 Å². The number of benzene rings is 1. The van der Waals surface area contributed by atoms with Crippen LogP contribution in [0.4, 0.5) is 13.2 Å². The maximum atomic E-state index is 13.2. The lowest BCUT2D eigenvalue weighted by atomic mass is 9.84. The molecule has 2 atom stereocenters. The average molecular weight is 481 g/mol. The molecule has 10 heteroatoms. The van der Waals surface area contributed by atoms with Crippen LogP contribution in [0.25, 0.3) is 11.1 Å². The number of rotatable bonds is 3. The van der Waals surface area contributed by atoms with E-state index in [4.69, 9.17) is 0 Å². The van der Waals surface area contributed by atoms with Gasteiger partial charge in [-0.15, -0.1) is 11.3 Å². The molecule has 4 heterocycles. The third-order valence-electron chi connectivity index (χ3n) is 6.16. The minimum Gasteiger partial charge on any atom is -0.311 e. The van der Waals surface area contributed by atoms with Crippen molar-refractivity contribution in [1.82, 2.24) is 8.87 Å². The Morgan fingerprint density at radius 1 is 1.00 bits per heavy atom. The van der Waals surface area contributed by atoms with E-state index >= 15 is 0 Å². The summed E-state index contributed by atoms with van der Waals surface area (Å²) in [6.45, 7) is 0.934. The van der Waals surface area contributed by atoms with Crippen LogP contribution in [0.2, 0.25) is 0 Å². The first kappa shape index (κ1) is 21.4. The van der Waals surface area contributed by atoms with Gasteiger partial charge in [0.25, 0.3) is 15.6 Å². The summed E-state index contributed by atoms with van der Waals surface area (Å²) < 4.78 is 68.7. The Balaban J connectivity index is 1.50. The number of hydrogen-bond donors (Lipinski definition) is 0. The smallest absolute Gasteiger partial charge is 0.311 e. The lowest BCUT2D eigenvalue weighted by Crippen LogP contribution is -2.49. The normalized spacial score (nSPS) is 21.3. The Labute approximate surface area is 186 Å². The fourth-order valence-corrected chi connectivity index (χ4v) is 7.42. The SMILES string of the molecule is O=c1c(-c2cccc(C(F)(F)F)c2)ccc2n1CC1CC2CN(S(=O)(=O)c2cccs2)C1. The number of nitrogens with zero attached hydrogens (tertiary/aromatic N) is 2. The van der Waals surface area contributed by atoms with Crippen LogP contribution in [-0.2, 0) is 22.7 Å². The number of aromatic nitrogens is 1. The van der Waals surface area contributed by atoms with E-state index in [1.807, 2.05) is 0 Å². The second-order valence-corrected chi connectivity index (χ2v) is 11.3. The van der Waals surface area contributed by atoms with Gasteiger partial charge in [-0.3, -0.25) is 4.79 Å². The largest absolute Gasteiger partial charge is 0.416 e. The Morgan fingerprint density at radius 2 is 1.81 bits per heavy atom. The number of halogens is 3. The third-order valence-corrected chi connectivity index (χ3v) is 9.37. The topological polar surface area (TPSA) is 59.4 Å². The highest BCUT2D eigenvalue weighted by molar-refractivity contribution is 7.91. The van der Waals surface area contributed by atoms with Crippen LogP contribution in [0.1, 0.15) is 23.6 Å². The monoisotopic (exact) mass is 480 g/mol. The van der Waals surface area contributed by atoms with E-state index < -0.39 is 21.8 Å². The van der Waals surface area contributed by atoms with Crippen molar-refractivity contribution in [2.45, 2.75) is 29.3 Å². The number of hydrogen-bond acceptors (Lipinski definition) is 4. The van der Waals surface area contributed by atoms with Gasteiger partial charge >= 0.3 is 6.18 Å². The minimum absolute atomic E-state index is 0.0366. The molecule has 5 nitrogen and oxygen atoms in total. The summed E-state index contributed by atoms with van der Waals surface area (Å²) in [6.07, 6.45) is -3.71. The molecule has 0 amide bonds. The van der Waals surface area contributed by atoms with Crippen molar-refractivity contribution in [3.63, 3.8) is 0 Å². The van der Waals surface area contributed by atoms with Gasteiger partial charge in [0.05, 0.1) is 5.56 Å². The van der Waals surface area contributed by atoms with Crippen LogP contribution in [-0.4, -0.2) is 30.4 Å². The molecule has 1 aromatic carbocycles. The maximum Gasteiger partial charge on any atom is 0.416 e. The van der Waals surface area contributed by atoms with Gasteiger partial charge in [-0.25, -0.2) is 8.42 Å². The van der Waals surface area contributed by atoms with Gasteiger partial charge in [0.2, 0.25) is 0 Å². The number of fused-ring (bicyclic) bond motifs is 4. The highest BCUT2D eigenvalue weighted by Crippen LogP contribution is 2.38. The first-order chi connectivity index (χ1) is 15.1. The molecule has 2 unspecified atom stereocenters. The number of sulfonamides is 1. The van der Waals surface area contributed by atoms with Gasteiger partial charge in [0.1, 0.15) is 4.21 Å². The summed E-state index contributed by atoms with van der Waals surface area (Å²) >= 11 is 1.18. The first-order valence-corrected chi connectivity index (χ1v) is 12.4. The molecule has 0 saturated carbocycles. The molecule has 0 aliphatic carbocycles. The van der Waals surface area contributed by atoms with E-state index in [-0.39, 0.29) is 35.1 Å². The Kier molecular flexibility index (Phi) is 5.06. The predicted molar refractivity (Wildman–Crippen MR) is 115 cm³/mol. The fourth-order valence-electron chi connectivity index (χ4n) is 4.72. The molecule has 2 aliphatic rings. The van der Waals surface area contributed by atoms with Gasteiger partial charge in [-0.1, -0.05) is 18.2 Å². The number of thiophene rings is 1. The average Bonchev–Trinajstić information content (AvgIpc) is 3.30. The standard InChI is InChI=1S/C22H19F3N2O3S2/c23-22(24,25)17-4-1-3-15(10-17)18-6-7-19-16-9-14(12-27(19)21(18)28)11-26(13-16)32(29,30)20-5-2-8-31-20/h1-8,10,14,16H,9,11-13H2. The molecule has 1 fully saturated rings. The molecule has 168 valence electrons. The van der Waals surface area contributed by atoms with Crippen molar-refractivity contribution >= 4 is 21.4 Å². The number of alkyl halides is 3. The maximum absolute atomic E-state index is 13.2. The third kappa shape index (κ3) is 3.60. The molecule has 0 spiro atoms. The summed E-state index contributed by atoms with van der Waals surface area (Å²) in [5.41, 5.74) is 0.0169. The molecule has 2 aliphatic heterocycles. The van der Waals surface area contributed by atoms with E-state index in [9.17, 15) is 26.4 Å². The Morgan fingerprint density at radius 3 is 2.53 bits per heavy atom. The molecule has 5 rings (SSSR count). The van der Waals surface area contributed by atoms with Gasteiger partial charge in [-0.2, -0.15) is 17.5 Å². The van der Waals surface area contributed by atoms with Crippen molar-refractivity contribution in [2.24, 2.45) is 5.92 Å². The van der Waals surface area contributed by atoms with E-state index in [0.29, 0.717) is 17.3 Å². The summed E-state index contributed by atoms with van der Waals surface area (Å²) in [7, 11) is -3.59. The lowest BCUT2D eigenvalue weighted by molar-refractivity contribution is -0.137. The van der Waals surface area contributed by atoms with Gasteiger partial charge in [-0.05, 0) is 53.6 Å². The second kappa shape index (κ2) is 7.57. The van der Waals surface area contributed by atoms with E-state index in [2.05, 4.69) is 0 Å². The zero-order chi connectivity index (χ0) is 22.7. The fraction of sp³-hybridized carbons (Fsp3) is 0.318. The predicted octanol–water partition coefficient (Wildman–Crippen LogP) is 4.40. The van der Waals surface area contributed by atoms with Crippen LogP contribution in [0.3, 0.4) is 0 Å². The molecule has 0 radical (unpaired) electrons. The molecule has 1 saturated heterocycles. The van der Waals surface area contributed by atoms with Crippen molar-refractivity contribution in [3.8, 4) is 11.1 Å². The molecule has 3 aromatic rings. The summed E-state index contributed by atoms with van der Waals surface area (Å²) in [6, 6.07) is 11.4. The highest BCUT2D eigenvalue weighted by atomic mass is 32.2. The van der Waals surface area contributed by atoms with Crippen molar-refractivity contribution in [1.29, 1.82) is 0 Å². The van der Waals surface area contributed by atoms with Gasteiger partial charge in [0, 0.05) is 36.8 Å². The Hall–Kier alpha value is -2.43. The first-order valence-electron chi connectivity index (χ1n) is 10.1. The van der Waals surface area contributed by atoms with Crippen LogP contribution < -0.4 is 5.56 Å². The molecular formula is C22H19F3N2O3S2. The summed E-state index contributed by atoms with van der Waals surface area (Å²) in [5.74, 6) is -0.175. The second-order valence-electron chi connectivity index (χ2n) is 8.22. The van der Waals surface area contributed by atoms with Gasteiger partial charge < -0.3 is 4.57 Å². The quantitative estimate of drug-likeness (QED) is 0.558. The van der Waals surface area contributed by atoms with Crippen molar-refractivity contribution < 1.29 is 21.6 Å². The molecule has 2 aromatic heterocycles. The van der Waals surface area contributed by atoms with Crippen LogP contribution >= 0.6 is 11.3 Å². The Bertz CT molecular complexity index is 1330. The lowest BCUT2D eigenvalue weighted by Gasteiger charge is -2.42. The number of pyridine rings is 1. The van der Waals surface area contributed by atoms with Crippen LogP contribution in [0.15, 0.2) is 62.9 Å². The summed E-state index contributed by atoms with van der Waals surface area (Å²) in [5, 5.41) is 1.72. The zero-order valence-electron chi connectivity index (χ0n) is 16.7. The van der Waals surface area contributed by atoms with Crippen molar-refractivity contribution in [3.05, 3.63) is 75.5 Å². The van der Waals surface area contributed by atoms with Crippen molar-refractivity contribution in [2.75, 3.05) is 13.1 Å². The zero-order valence-corrected chi connectivity index (χ0v) is 18.4. The molecular weight excluding hydrogens is 461 g/mol. The minimum atomic E-state index is -4.49. The molecule has 2 bridgehead atoms. The van der Waals surface area contributed by atoms with Crippen LogP contribution in [0, 0.1) is 5.92 Å². The molecule has 0 N–H and O–H groups in total. The van der Waals surface area contributed by atoms with E-state index in [0.717, 1.165) is 24.2 Å². The summed E-state index contributed by atoms with van der Waals surface area (Å²) in [4.78, 5) is 13.2. The van der Waals surface area contributed by atoms with E-state index in [1.54, 1.807) is 34.2 Å². The number of piperidine rings is 1. The van der Waals surface area contributed by atoms with Crippen LogP contribution in [0.5, 0.6) is 0 Å². The molecule has 32 heavy (non-hydrogen) atoms. The highest BCUT2D eigenvalue weighted by Gasteiger charge is 2.40. The van der Waals surface area contributed by atoms with E-state index in [1.165, 1.54) is 27.8 Å².